The Morgan fingerprint density at radius 3 is 2.52 bits per heavy atom. The number of unbranched alkanes of at least 4 members (excludes halogenated alkanes) is 1. The Kier molecular flexibility index (Phi) is 7.82. The molecule has 1 aromatic carbocycles. The van der Waals surface area contributed by atoms with Crippen molar-refractivity contribution in [1.82, 2.24) is 10.2 Å². The highest BCUT2D eigenvalue weighted by molar-refractivity contribution is 5.97. The van der Waals surface area contributed by atoms with Gasteiger partial charge >= 0.3 is 0 Å². The summed E-state index contributed by atoms with van der Waals surface area (Å²) in [4.78, 5) is 38.6. The second-order valence-corrected chi connectivity index (χ2v) is 7.44. The van der Waals surface area contributed by atoms with Crippen molar-refractivity contribution in [3.63, 3.8) is 0 Å². The van der Waals surface area contributed by atoms with Crippen molar-refractivity contribution in [2.24, 2.45) is 11.8 Å². The molecule has 1 aliphatic rings. The van der Waals surface area contributed by atoms with Crippen LogP contribution in [0, 0.1) is 11.8 Å². The fourth-order valence-corrected chi connectivity index (χ4v) is 3.08. The zero-order chi connectivity index (χ0) is 19.8. The molecule has 0 spiro atoms. The molecular weight excluding hydrogens is 342 g/mol. The number of rotatable bonds is 7. The number of likely N-dealkylation sites (tertiary alicyclic amines) is 1. The van der Waals surface area contributed by atoms with E-state index < -0.39 is 0 Å². The van der Waals surface area contributed by atoms with E-state index in [1.807, 2.05) is 13.8 Å². The molecule has 0 saturated carbocycles. The number of amides is 3. The summed E-state index contributed by atoms with van der Waals surface area (Å²) in [6, 6.07) is 7.03. The zero-order valence-corrected chi connectivity index (χ0v) is 16.6. The minimum atomic E-state index is -0.119. The highest BCUT2D eigenvalue weighted by Crippen LogP contribution is 2.21. The molecule has 3 amide bonds. The zero-order valence-electron chi connectivity index (χ0n) is 16.6. The van der Waals surface area contributed by atoms with Gasteiger partial charge in [0.05, 0.1) is 0 Å². The van der Waals surface area contributed by atoms with Gasteiger partial charge in [-0.15, -0.1) is 0 Å². The van der Waals surface area contributed by atoms with Gasteiger partial charge in [0, 0.05) is 42.7 Å². The number of nitrogens with zero attached hydrogens (tertiary/aromatic N) is 1. The predicted octanol–water partition coefficient (Wildman–Crippen LogP) is 3.05. The number of nitrogens with one attached hydrogen (secondary N) is 2. The van der Waals surface area contributed by atoms with Crippen molar-refractivity contribution in [3.8, 4) is 0 Å². The van der Waals surface area contributed by atoms with E-state index in [0.29, 0.717) is 37.2 Å². The van der Waals surface area contributed by atoms with Crippen LogP contribution in [-0.2, 0) is 9.59 Å². The van der Waals surface area contributed by atoms with Gasteiger partial charge in [-0.1, -0.05) is 33.3 Å². The molecule has 2 N–H and O–H groups in total. The number of piperidine rings is 1. The van der Waals surface area contributed by atoms with Crippen molar-refractivity contribution in [2.75, 3.05) is 25.0 Å². The molecule has 0 atom stereocenters. The molecule has 2 rings (SSSR count). The Morgan fingerprint density at radius 2 is 1.89 bits per heavy atom. The lowest BCUT2D eigenvalue weighted by Crippen LogP contribution is -2.43. The SMILES string of the molecule is CCCCNC(=O)C1CCN(C(=O)c2cccc(NC(=O)C(C)C)c2)CC1. The Labute approximate surface area is 161 Å². The maximum absolute atomic E-state index is 12.8. The first kappa shape index (κ1) is 20.9. The normalized spacial score (nSPS) is 14.9. The van der Waals surface area contributed by atoms with Gasteiger partial charge in [-0.3, -0.25) is 14.4 Å². The van der Waals surface area contributed by atoms with Crippen LogP contribution in [0.2, 0.25) is 0 Å². The van der Waals surface area contributed by atoms with E-state index in [1.165, 1.54) is 0 Å². The quantitative estimate of drug-likeness (QED) is 0.721. The van der Waals surface area contributed by atoms with E-state index in [4.69, 9.17) is 0 Å². The summed E-state index contributed by atoms with van der Waals surface area (Å²) in [5, 5.41) is 5.80. The second-order valence-electron chi connectivity index (χ2n) is 7.44. The van der Waals surface area contributed by atoms with Gasteiger partial charge in [-0.05, 0) is 37.5 Å². The maximum atomic E-state index is 12.8. The van der Waals surface area contributed by atoms with Crippen LogP contribution < -0.4 is 10.6 Å². The number of hydrogen-bond donors (Lipinski definition) is 2. The molecule has 0 radical (unpaired) electrons. The Bertz CT molecular complexity index is 664. The van der Waals surface area contributed by atoms with Crippen LogP contribution in [0.15, 0.2) is 24.3 Å². The molecule has 6 heteroatoms. The van der Waals surface area contributed by atoms with E-state index in [9.17, 15) is 14.4 Å². The summed E-state index contributed by atoms with van der Waals surface area (Å²) in [5.74, 6) is -0.154. The topological polar surface area (TPSA) is 78.5 Å². The molecule has 27 heavy (non-hydrogen) atoms. The number of anilines is 1. The second kappa shape index (κ2) is 10.1. The van der Waals surface area contributed by atoms with Crippen molar-refractivity contribution in [1.29, 1.82) is 0 Å². The molecular formula is C21H31N3O3. The van der Waals surface area contributed by atoms with Crippen molar-refractivity contribution in [2.45, 2.75) is 46.5 Å². The minimum Gasteiger partial charge on any atom is -0.356 e. The predicted molar refractivity (Wildman–Crippen MR) is 106 cm³/mol. The van der Waals surface area contributed by atoms with Crippen LogP contribution in [0.25, 0.3) is 0 Å². The molecule has 0 bridgehead atoms. The average Bonchev–Trinajstić information content (AvgIpc) is 2.67. The smallest absolute Gasteiger partial charge is 0.253 e. The van der Waals surface area contributed by atoms with E-state index in [1.54, 1.807) is 29.2 Å². The average molecular weight is 373 g/mol. The maximum Gasteiger partial charge on any atom is 0.253 e. The van der Waals surface area contributed by atoms with Gasteiger partial charge in [0.2, 0.25) is 11.8 Å². The Balaban J connectivity index is 1.90. The molecule has 1 heterocycles. The molecule has 1 fully saturated rings. The largest absolute Gasteiger partial charge is 0.356 e. The van der Waals surface area contributed by atoms with Gasteiger partial charge in [0.15, 0.2) is 0 Å². The lowest BCUT2D eigenvalue weighted by molar-refractivity contribution is -0.126. The Morgan fingerprint density at radius 1 is 1.19 bits per heavy atom. The van der Waals surface area contributed by atoms with Gasteiger partial charge in [-0.2, -0.15) is 0 Å². The monoisotopic (exact) mass is 373 g/mol. The lowest BCUT2D eigenvalue weighted by Gasteiger charge is -2.31. The fourth-order valence-electron chi connectivity index (χ4n) is 3.08. The van der Waals surface area contributed by atoms with Crippen LogP contribution >= 0.6 is 0 Å². The third kappa shape index (κ3) is 6.08. The van der Waals surface area contributed by atoms with Crippen LogP contribution in [0.3, 0.4) is 0 Å². The molecule has 0 aromatic heterocycles. The summed E-state index contributed by atoms with van der Waals surface area (Å²) in [6.45, 7) is 7.63. The van der Waals surface area contributed by atoms with Crippen LogP contribution in [0.4, 0.5) is 5.69 Å². The summed E-state index contributed by atoms with van der Waals surface area (Å²) in [7, 11) is 0. The molecule has 0 aliphatic carbocycles. The van der Waals surface area contributed by atoms with Gasteiger partial charge in [0.25, 0.3) is 5.91 Å². The van der Waals surface area contributed by atoms with Crippen LogP contribution in [0.5, 0.6) is 0 Å². The lowest BCUT2D eigenvalue weighted by atomic mass is 9.95. The summed E-state index contributed by atoms with van der Waals surface area (Å²) < 4.78 is 0. The highest BCUT2D eigenvalue weighted by Gasteiger charge is 2.27. The molecule has 1 aromatic rings. The first-order valence-corrected chi connectivity index (χ1v) is 9.90. The standard InChI is InChI=1S/C21H31N3O3/c1-4-5-11-22-20(26)16-9-12-24(13-10-16)21(27)17-7-6-8-18(14-17)23-19(25)15(2)3/h6-8,14-16H,4-5,9-13H2,1-3H3,(H,22,26)(H,23,25). The third-order valence-electron chi connectivity index (χ3n) is 4.88. The van der Waals surface area contributed by atoms with Crippen molar-refractivity contribution >= 4 is 23.4 Å². The van der Waals surface area contributed by atoms with Crippen molar-refractivity contribution in [3.05, 3.63) is 29.8 Å². The van der Waals surface area contributed by atoms with Gasteiger partial charge in [-0.25, -0.2) is 0 Å². The number of hydrogen-bond acceptors (Lipinski definition) is 3. The van der Waals surface area contributed by atoms with E-state index >= 15 is 0 Å². The van der Waals surface area contributed by atoms with Crippen LogP contribution in [0.1, 0.15) is 56.8 Å². The summed E-state index contributed by atoms with van der Waals surface area (Å²) in [5.41, 5.74) is 1.19. The van der Waals surface area contributed by atoms with Gasteiger partial charge < -0.3 is 15.5 Å². The number of carbonyl (C=O) groups is 3. The summed E-state index contributed by atoms with van der Waals surface area (Å²) >= 11 is 0. The first-order chi connectivity index (χ1) is 12.9. The molecule has 148 valence electrons. The Hall–Kier alpha value is -2.37. The molecule has 1 saturated heterocycles. The number of benzene rings is 1. The first-order valence-electron chi connectivity index (χ1n) is 9.90. The fraction of sp³-hybridized carbons (Fsp3) is 0.571. The minimum absolute atomic E-state index is 0.0115. The van der Waals surface area contributed by atoms with Crippen molar-refractivity contribution < 1.29 is 14.4 Å². The summed E-state index contributed by atoms with van der Waals surface area (Å²) in [6.07, 6.45) is 3.43. The molecule has 1 aliphatic heterocycles. The number of carbonyl (C=O) groups excluding carboxylic acids is 3. The van der Waals surface area contributed by atoms with E-state index in [0.717, 1.165) is 19.4 Å². The third-order valence-corrected chi connectivity index (χ3v) is 4.88. The van der Waals surface area contributed by atoms with Crippen LogP contribution in [-0.4, -0.2) is 42.3 Å². The molecule has 0 unspecified atom stereocenters. The van der Waals surface area contributed by atoms with Gasteiger partial charge in [0.1, 0.15) is 0 Å². The van der Waals surface area contributed by atoms with E-state index in [2.05, 4.69) is 17.6 Å². The highest BCUT2D eigenvalue weighted by atomic mass is 16.2. The molecule has 6 nitrogen and oxygen atoms in total. The van der Waals surface area contributed by atoms with E-state index in [-0.39, 0.29) is 29.6 Å².